The van der Waals surface area contributed by atoms with Crippen LogP contribution in [-0.2, 0) is 10.9 Å². The van der Waals surface area contributed by atoms with Crippen LogP contribution in [-0.4, -0.2) is 13.2 Å². The molecule has 0 aromatic heterocycles. The highest BCUT2D eigenvalue weighted by Crippen LogP contribution is 2.34. The summed E-state index contributed by atoms with van der Waals surface area (Å²) in [5.74, 6) is -0.189. The standard InChI is InChI=1S/C15H17F4NO/c1-2-20-14(13-5-3-4-8-21-13)11-9-10(15(17,18)19)6-7-12(11)16/h5-7,9,14,20H,2-4,8H2,1H3. The fraction of sp³-hybridized carbons (Fsp3) is 0.467. The number of alkyl halides is 3. The van der Waals surface area contributed by atoms with Crippen LogP contribution >= 0.6 is 0 Å². The molecule has 1 heterocycles. The topological polar surface area (TPSA) is 21.3 Å². The molecule has 0 saturated carbocycles. The number of allylic oxidation sites excluding steroid dienone is 1. The molecule has 1 N–H and O–H groups in total. The lowest BCUT2D eigenvalue weighted by Gasteiger charge is -2.25. The summed E-state index contributed by atoms with van der Waals surface area (Å²) >= 11 is 0. The first-order valence-corrected chi connectivity index (χ1v) is 6.86. The fourth-order valence-corrected chi connectivity index (χ4v) is 2.29. The van der Waals surface area contributed by atoms with E-state index in [0.717, 1.165) is 31.0 Å². The zero-order chi connectivity index (χ0) is 15.5. The second-order valence-corrected chi connectivity index (χ2v) is 4.82. The molecule has 116 valence electrons. The van der Waals surface area contributed by atoms with E-state index in [4.69, 9.17) is 4.74 Å². The maximum absolute atomic E-state index is 14.0. The molecule has 6 heteroatoms. The summed E-state index contributed by atoms with van der Waals surface area (Å²) in [4.78, 5) is 0. The Morgan fingerprint density at radius 2 is 2.10 bits per heavy atom. The van der Waals surface area contributed by atoms with Crippen molar-refractivity contribution in [3.63, 3.8) is 0 Å². The van der Waals surface area contributed by atoms with Gasteiger partial charge >= 0.3 is 6.18 Å². The van der Waals surface area contributed by atoms with Crippen molar-refractivity contribution >= 4 is 0 Å². The summed E-state index contributed by atoms with van der Waals surface area (Å²) in [6.45, 7) is 2.79. The Kier molecular flexibility index (Phi) is 4.88. The van der Waals surface area contributed by atoms with Gasteiger partial charge in [-0.25, -0.2) is 4.39 Å². The fourth-order valence-electron chi connectivity index (χ4n) is 2.29. The molecule has 0 aliphatic carbocycles. The number of benzene rings is 1. The molecule has 0 spiro atoms. The SMILES string of the molecule is CCNC(C1=CCCCO1)c1cc(C(F)(F)F)ccc1F. The molecule has 0 radical (unpaired) electrons. The minimum absolute atomic E-state index is 0.0418. The average molecular weight is 303 g/mol. The van der Waals surface area contributed by atoms with Crippen LogP contribution in [0.5, 0.6) is 0 Å². The van der Waals surface area contributed by atoms with E-state index >= 15 is 0 Å². The van der Waals surface area contributed by atoms with Gasteiger partial charge in [-0.2, -0.15) is 13.2 Å². The second kappa shape index (κ2) is 6.47. The lowest BCUT2D eigenvalue weighted by Crippen LogP contribution is -2.26. The lowest BCUT2D eigenvalue weighted by molar-refractivity contribution is -0.137. The van der Waals surface area contributed by atoms with Crippen molar-refractivity contribution < 1.29 is 22.3 Å². The molecule has 2 rings (SSSR count). The van der Waals surface area contributed by atoms with Gasteiger partial charge in [-0.1, -0.05) is 6.92 Å². The van der Waals surface area contributed by atoms with Crippen LogP contribution in [0.4, 0.5) is 17.6 Å². The number of halogens is 4. The van der Waals surface area contributed by atoms with Crippen LogP contribution in [0.2, 0.25) is 0 Å². The molecule has 1 aliphatic heterocycles. The molecule has 1 atom stereocenters. The third-order valence-corrected chi connectivity index (χ3v) is 3.29. The molecule has 0 bridgehead atoms. The first kappa shape index (κ1) is 15.8. The quantitative estimate of drug-likeness (QED) is 0.842. The van der Waals surface area contributed by atoms with Gasteiger partial charge in [0.2, 0.25) is 0 Å². The van der Waals surface area contributed by atoms with E-state index in [1.165, 1.54) is 0 Å². The van der Waals surface area contributed by atoms with Gasteiger partial charge in [-0.05, 0) is 43.7 Å². The first-order chi connectivity index (χ1) is 9.93. The van der Waals surface area contributed by atoms with Gasteiger partial charge in [-0.15, -0.1) is 0 Å². The van der Waals surface area contributed by atoms with Crippen molar-refractivity contribution in [2.24, 2.45) is 0 Å². The summed E-state index contributed by atoms with van der Waals surface area (Å²) in [6.07, 6.45) is -1.07. The van der Waals surface area contributed by atoms with Crippen molar-refractivity contribution in [3.05, 3.63) is 47.0 Å². The molecule has 2 nitrogen and oxygen atoms in total. The average Bonchev–Trinajstić information content (AvgIpc) is 2.45. The van der Waals surface area contributed by atoms with Crippen LogP contribution in [0.3, 0.4) is 0 Å². The minimum atomic E-state index is -4.50. The third kappa shape index (κ3) is 3.75. The number of ether oxygens (including phenoxy) is 1. The van der Waals surface area contributed by atoms with Crippen LogP contribution in [0, 0.1) is 5.82 Å². The van der Waals surface area contributed by atoms with E-state index in [0.29, 0.717) is 18.9 Å². The summed E-state index contributed by atoms with van der Waals surface area (Å²) in [6, 6.07) is 1.75. The number of hydrogen-bond donors (Lipinski definition) is 1. The Morgan fingerprint density at radius 1 is 1.33 bits per heavy atom. The molecule has 0 amide bonds. The van der Waals surface area contributed by atoms with Gasteiger partial charge in [0.25, 0.3) is 0 Å². The summed E-state index contributed by atoms with van der Waals surface area (Å²) in [7, 11) is 0. The highest BCUT2D eigenvalue weighted by Gasteiger charge is 2.32. The van der Waals surface area contributed by atoms with Crippen LogP contribution in [0.25, 0.3) is 0 Å². The van der Waals surface area contributed by atoms with E-state index in [2.05, 4.69) is 5.32 Å². The number of hydrogen-bond acceptors (Lipinski definition) is 2. The van der Waals surface area contributed by atoms with Gasteiger partial charge in [0.15, 0.2) is 0 Å². The molecule has 1 aromatic carbocycles. The summed E-state index contributed by atoms with van der Waals surface area (Å²) in [5.41, 5.74) is -0.905. The molecule has 0 fully saturated rings. The second-order valence-electron chi connectivity index (χ2n) is 4.82. The van der Waals surface area contributed by atoms with Crippen molar-refractivity contribution in [1.82, 2.24) is 5.32 Å². The van der Waals surface area contributed by atoms with Crippen molar-refractivity contribution in [3.8, 4) is 0 Å². The van der Waals surface area contributed by atoms with Crippen molar-refractivity contribution in [2.75, 3.05) is 13.2 Å². The Hall–Kier alpha value is -1.56. The van der Waals surface area contributed by atoms with E-state index < -0.39 is 23.6 Å². The molecule has 0 saturated heterocycles. The van der Waals surface area contributed by atoms with Crippen LogP contribution in [0.1, 0.15) is 36.9 Å². The zero-order valence-corrected chi connectivity index (χ0v) is 11.6. The predicted octanol–water partition coefficient (Wildman–Crippen LogP) is 4.19. The number of likely N-dealkylation sites (N-methyl/N-ethyl adjacent to an activating group) is 1. The smallest absolute Gasteiger partial charge is 0.416 e. The minimum Gasteiger partial charge on any atom is -0.496 e. The molecule has 21 heavy (non-hydrogen) atoms. The molecular weight excluding hydrogens is 286 g/mol. The van der Waals surface area contributed by atoms with E-state index in [9.17, 15) is 17.6 Å². The van der Waals surface area contributed by atoms with Gasteiger partial charge in [0.1, 0.15) is 11.6 Å². The lowest BCUT2D eigenvalue weighted by atomic mass is 9.99. The monoisotopic (exact) mass is 303 g/mol. The van der Waals surface area contributed by atoms with E-state index in [1.807, 2.05) is 6.92 Å². The molecular formula is C15H17F4NO. The van der Waals surface area contributed by atoms with Gasteiger partial charge in [-0.3, -0.25) is 0 Å². The Morgan fingerprint density at radius 3 is 2.67 bits per heavy atom. The maximum Gasteiger partial charge on any atom is 0.416 e. The Balaban J connectivity index is 2.41. The normalized spacial score (nSPS) is 17.1. The summed E-state index contributed by atoms with van der Waals surface area (Å²) < 4.78 is 57.9. The van der Waals surface area contributed by atoms with E-state index in [-0.39, 0.29) is 5.56 Å². The molecule has 1 aromatic rings. The van der Waals surface area contributed by atoms with Crippen molar-refractivity contribution in [1.29, 1.82) is 0 Å². The highest BCUT2D eigenvalue weighted by molar-refractivity contribution is 5.33. The maximum atomic E-state index is 14.0. The first-order valence-electron chi connectivity index (χ1n) is 6.86. The zero-order valence-electron chi connectivity index (χ0n) is 11.6. The summed E-state index contributed by atoms with van der Waals surface area (Å²) in [5, 5.41) is 2.99. The van der Waals surface area contributed by atoms with Gasteiger partial charge in [0.05, 0.1) is 18.2 Å². The predicted molar refractivity (Wildman–Crippen MR) is 71.1 cm³/mol. The molecule has 1 aliphatic rings. The highest BCUT2D eigenvalue weighted by atomic mass is 19.4. The van der Waals surface area contributed by atoms with Crippen LogP contribution in [0.15, 0.2) is 30.0 Å². The third-order valence-electron chi connectivity index (χ3n) is 3.29. The number of rotatable bonds is 4. The van der Waals surface area contributed by atoms with Crippen molar-refractivity contribution in [2.45, 2.75) is 32.0 Å². The van der Waals surface area contributed by atoms with Gasteiger partial charge < -0.3 is 10.1 Å². The molecule has 1 unspecified atom stereocenters. The number of nitrogens with one attached hydrogen (secondary N) is 1. The Labute approximate surface area is 120 Å². The van der Waals surface area contributed by atoms with E-state index in [1.54, 1.807) is 6.08 Å². The van der Waals surface area contributed by atoms with Gasteiger partial charge in [0, 0.05) is 5.56 Å². The van der Waals surface area contributed by atoms with Crippen LogP contribution < -0.4 is 5.32 Å². The Bertz CT molecular complexity index is 525. The largest absolute Gasteiger partial charge is 0.496 e.